The number of aryl methyl sites for hydroxylation is 1. The second-order valence-electron chi connectivity index (χ2n) is 4.77. The molecule has 1 saturated heterocycles. The van der Waals surface area contributed by atoms with Crippen molar-refractivity contribution in [2.45, 2.75) is 25.7 Å². The smallest absolute Gasteiger partial charge is 0.273 e. The second-order valence-corrected chi connectivity index (χ2v) is 6.76. The summed E-state index contributed by atoms with van der Waals surface area (Å²) < 4.78 is 0. The monoisotopic (exact) mass is 293 g/mol. The number of rotatable bonds is 2. The molecule has 0 aromatic carbocycles. The number of amides is 1. The van der Waals surface area contributed by atoms with Crippen molar-refractivity contribution in [3.8, 4) is 0 Å². The van der Waals surface area contributed by atoms with Crippen LogP contribution in [-0.2, 0) is 0 Å². The van der Waals surface area contributed by atoms with Crippen LogP contribution in [0.3, 0.4) is 0 Å². The number of carbonyl (C=O) groups is 1. The van der Waals surface area contributed by atoms with E-state index < -0.39 is 0 Å². The lowest BCUT2D eigenvalue weighted by Gasteiger charge is -2.31. The van der Waals surface area contributed by atoms with E-state index in [1.807, 2.05) is 16.5 Å². The SMILES string of the molecule is Cc1cnc([C@H]2CCCN(C(=O)c3cscn3)C2)s1. The van der Waals surface area contributed by atoms with Gasteiger partial charge in [0.05, 0.1) is 10.5 Å². The van der Waals surface area contributed by atoms with Gasteiger partial charge in [-0.2, -0.15) is 0 Å². The Balaban J connectivity index is 1.73. The fourth-order valence-electron chi connectivity index (χ4n) is 2.40. The zero-order valence-electron chi connectivity index (χ0n) is 10.7. The highest BCUT2D eigenvalue weighted by molar-refractivity contribution is 7.11. The van der Waals surface area contributed by atoms with E-state index in [2.05, 4.69) is 16.9 Å². The largest absolute Gasteiger partial charge is 0.337 e. The number of nitrogens with zero attached hydrogens (tertiary/aromatic N) is 3. The second kappa shape index (κ2) is 5.38. The van der Waals surface area contributed by atoms with Crippen molar-refractivity contribution in [1.82, 2.24) is 14.9 Å². The van der Waals surface area contributed by atoms with E-state index in [9.17, 15) is 4.79 Å². The van der Waals surface area contributed by atoms with E-state index >= 15 is 0 Å². The van der Waals surface area contributed by atoms with Crippen LogP contribution in [0.2, 0.25) is 0 Å². The summed E-state index contributed by atoms with van der Waals surface area (Å²) in [6.45, 7) is 3.67. The molecule has 0 spiro atoms. The van der Waals surface area contributed by atoms with Gasteiger partial charge in [-0.25, -0.2) is 9.97 Å². The van der Waals surface area contributed by atoms with Crippen molar-refractivity contribution < 1.29 is 4.79 Å². The van der Waals surface area contributed by atoms with Gasteiger partial charge < -0.3 is 4.90 Å². The number of carbonyl (C=O) groups excluding carboxylic acids is 1. The molecule has 0 N–H and O–H groups in total. The molecule has 2 aromatic heterocycles. The molecule has 0 radical (unpaired) electrons. The van der Waals surface area contributed by atoms with Gasteiger partial charge in [0.2, 0.25) is 0 Å². The van der Waals surface area contributed by atoms with Crippen molar-refractivity contribution in [3.05, 3.63) is 32.7 Å². The molecule has 0 bridgehead atoms. The predicted molar refractivity (Wildman–Crippen MR) is 76.8 cm³/mol. The molecule has 3 heterocycles. The summed E-state index contributed by atoms with van der Waals surface area (Å²) in [5.74, 6) is 0.439. The van der Waals surface area contributed by atoms with Crippen LogP contribution < -0.4 is 0 Å². The molecule has 3 rings (SSSR count). The summed E-state index contributed by atoms with van der Waals surface area (Å²) >= 11 is 3.21. The molecular formula is C13H15N3OS2. The first-order chi connectivity index (χ1) is 9.24. The zero-order chi connectivity index (χ0) is 13.2. The lowest BCUT2D eigenvalue weighted by atomic mass is 9.98. The zero-order valence-corrected chi connectivity index (χ0v) is 12.3. The van der Waals surface area contributed by atoms with Gasteiger partial charge in [-0.05, 0) is 19.8 Å². The minimum Gasteiger partial charge on any atom is -0.337 e. The van der Waals surface area contributed by atoms with Crippen LogP contribution in [0, 0.1) is 6.92 Å². The first kappa shape index (κ1) is 12.7. The van der Waals surface area contributed by atoms with Crippen LogP contribution in [0.1, 0.15) is 39.1 Å². The topological polar surface area (TPSA) is 46.1 Å². The average molecular weight is 293 g/mol. The van der Waals surface area contributed by atoms with Gasteiger partial charge in [-0.1, -0.05) is 0 Å². The Kier molecular flexibility index (Phi) is 3.61. The van der Waals surface area contributed by atoms with E-state index in [4.69, 9.17) is 0 Å². The highest BCUT2D eigenvalue weighted by Gasteiger charge is 2.27. The molecule has 1 atom stereocenters. The number of hydrogen-bond acceptors (Lipinski definition) is 5. The predicted octanol–water partition coefficient (Wildman–Crippen LogP) is 2.93. The summed E-state index contributed by atoms with van der Waals surface area (Å²) in [5.41, 5.74) is 2.28. The van der Waals surface area contributed by atoms with E-state index in [1.165, 1.54) is 16.2 Å². The van der Waals surface area contributed by atoms with Crippen molar-refractivity contribution >= 4 is 28.6 Å². The number of hydrogen-bond donors (Lipinski definition) is 0. The van der Waals surface area contributed by atoms with Crippen molar-refractivity contribution in [1.29, 1.82) is 0 Å². The molecule has 0 unspecified atom stereocenters. The lowest BCUT2D eigenvalue weighted by molar-refractivity contribution is 0.0702. The Morgan fingerprint density at radius 3 is 3.05 bits per heavy atom. The van der Waals surface area contributed by atoms with Gasteiger partial charge in [-0.3, -0.25) is 4.79 Å². The van der Waals surface area contributed by atoms with Gasteiger partial charge in [-0.15, -0.1) is 22.7 Å². The summed E-state index contributed by atoms with van der Waals surface area (Å²) in [6.07, 6.45) is 4.08. The maximum Gasteiger partial charge on any atom is 0.273 e. The summed E-state index contributed by atoms with van der Waals surface area (Å²) in [7, 11) is 0. The Bertz CT molecular complexity index is 564. The lowest BCUT2D eigenvalue weighted by Crippen LogP contribution is -2.39. The molecule has 0 saturated carbocycles. The molecule has 1 amide bonds. The Hall–Kier alpha value is -1.27. The van der Waals surface area contributed by atoms with Crippen molar-refractivity contribution in [2.75, 3.05) is 13.1 Å². The summed E-state index contributed by atoms with van der Waals surface area (Å²) in [5, 5.41) is 2.98. The van der Waals surface area contributed by atoms with Gasteiger partial charge in [0.15, 0.2) is 0 Å². The van der Waals surface area contributed by atoms with Crippen LogP contribution in [0.5, 0.6) is 0 Å². The third-order valence-corrected chi connectivity index (χ3v) is 5.01. The van der Waals surface area contributed by atoms with Crippen LogP contribution in [-0.4, -0.2) is 33.9 Å². The number of aromatic nitrogens is 2. The quantitative estimate of drug-likeness (QED) is 0.855. The minimum absolute atomic E-state index is 0.0548. The molecule has 100 valence electrons. The fraction of sp³-hybridized carbons (Fsp3) is 0.462. The number of piperidine rings is 1. The van der Waals surface area contributed by atoms with Crippen molar-refractivity contribution in [3.63, 3.8) is 0 Å². The molecular weight excluding hydrogens is 278 g/mol. The molecule has 2 aromatic rings. The molecule has 6 heteroatoms. The molecule has 1 aliphatic rings. The third-order valence-electron chi connectivity index (χ3n) is 3.35. The highest BCUT2D eigenvalue weighted by Crippen LogP contribution is 2.30. The van der Waals surface area contributed by atoms with Gasteiger partial charge in [0, 0.05) is 35.5 Å². The highest BCUT2D eigenvalue weighted by atomic mass is 32.1. The van der Waals surface area contributed by atoms with Gasteiger partial charge in [0.25, 0.3) is 5.91 Å². The van der Waals surface area contributed by atoms with E-state index in [1.54, 1.807) is 16.8 Å². The Morgan fingerprint density at radius 1 is 1.47 bits per heavy atom. The van der Waals surface area contributed by atoms with Crippen LogP contribution in [0.25, 0.3) is 0 Å². The van der Waals surface area contributed by atoms with Crippen molar-refractivity contribution in [2.24, 2.45) is 0 Å². The van der Waals surface area contributed by atoms with E-state index in [0.29, 0.717) is 11.6 Å². The van der Waals surface area contributed by atoms with Crippen LogP contribution in [0.4, 0.5) is 0 Å². The molecule has 0 aliphatic carbocycles. The van der Waals surface area contributed by atoms with E-state index in [0.717, 1.165) is 30.9 Å². The fourth-order valence-corrected chi connectivity index (χ4v) is 3.83. The third kappa shape index (κ3) is 2.69. The van der Waals surface area contributed by atoms with Gasteiger partial charge in [0.1, 0.15) is 5.69 Å². The normalized spacial score (nSPS) is 19.6. The Labute approximate surface area is 120 Å². The first-order valence-electron chi connectivity index (χ1n) is 6.34. The summed E-state index contributed by atoms with van der Waals surface area (Å²) in [4.78, 5) is 24.0. The Morgan fingerprint density at radius 2 is 2.37 bits per heavy atom. The van der Waals surface area contributed by atoms with E-state index in [-0.39, 0.29) is 5.91 Å². The molecule has 4 nitrogen and oxygen atoms in total. The average Bonchev–Trinajstić information content (AvgIpc) is 3.09. The standard InChI is InChI=1S/C13H15N3OS2/c1-9-5-14-12(19-9)10-3-2-4-16(6-10)13(17)11-7-18-8-15-11/h5,7-8,10H,2-4,6H2,1H3/t10-/m0/s1. The first-order valence-corrected chi connectivity index (χ1v) is 8.10. The molecule has 1 aliphatic heterocycles. The maximum atomic E-state index is 12.3. The van der Waals surface area contributed by atoms with Crippen LogP contribution in [0.15, 0.2) is 17.1 Å². The maximum absolute atomic E-state index is 12.3. The molecule has 1 fully saturated rings. The number of thiazole rings is 2. The minimum atomic E-state index is 0.0548. The van der Waals surface area contributed by atoms with Crippen LogP contribution >= 0.6 is 22.7 Å². The summed E-state index contributed by atoms with van der Waals surface area (Å²) in [6, 6.07) is 0. The molecule has 19 heavy (non-hydrogen) atoms. The number of likely N-dealkylation sites (tertiary alicyclic amines) is 1. The van der Waals surface area contributed by atoms with Gasteiger partial charge >= 0.3 is 0 Å².